The van der Waals surface area contributed by atoms with Gasteiger partial charge in [0, 0.05) is 19.4 Å². The summed E-state index contributed by atoms with van der Waals surface area (Å²) in [5.41, 5.74) is 1.32. The Bertz CT molecular complexity index is 429. The SMILES string of the molecule is Cc1cc(Br)c2cc(C)sc2c1. The molecule has 0 radical (unpaired) electrons. The maximum absolute atomic E-state index is 3.57. The topological polar surface area (TPSA) is 0 Å². The first-order valence-electron chi connectivity index (χ1n) is 3.83. The summed E-state index contributed by atoms with van der Waals surface area (Å²) in [6.07, 6.45) is 0. The van der Waals surface area contributed by atoms with E-state index in [4.69, 9.17) is 0 Å². The normalized spacial score (nSPS) is 10.9. The zero-order valence-corrected chi connectivity index (χ0v) is 9.42. The molecule has 2 aromatic rings. The third kappa shape index (κ3) is 1.29. The quantitative estimate of drug-likeness (QED) is 0.645. The van der Waals surface area contributed by atoms with E-state index in [0.29, 0.717) is 0 Å². The van der Waals surface area contributed by atoms with Gasteiger partial charge in [0.2, 0.25) is 0 Å². The molecule has 2 heteroatoms. The summed E-state index contributed by atoms with van der Waals surface area (Å²) in [6.45, 7) is 4.27. The lowest BCUT2D eigenvalue weighted by molar-refractivity contribution is 1.50. The molecule has 0 N–H and O–H groups in total. The molecule has 0 unspecified atom stereocenters. The number of thiophene rings is 1. The molecule has 0 nitrogen and oxygen atoms in total. The highest BCUT2D eigenvalue weighted by atomic mass is 79.9. The van der Waals surface area contributed by atoms with Crippen LogP contribution in [0.1, 0.15) is 10.4 Å². The van der Waals surface area contributed by atoms with Crippen molar-refractivity contribution in [3.8, 4) is 0 Å². The number of aryl methyl sites for hydroxylation is 2. The molecule has 1 aromatic carbocycles. The number of halogens is 1. The first kappa shape index (κ1) is 8.27. The zero-order valence-electron chi connectivity index (χ0n) is 7.02. The predicted octanol–water partition coefficient (Wildman–Crippen LogP) is 4.28. The van der Waals surface area contributed by atoms with Gasteiger partial charge in [0.1, 0.15) is 0 Å². The Labute approximate surface area is 84.4 Å². The Balaban J connectivity index is 2.88. The van der Waals surface area contributed by atoms with Gasteiger partial charge in [0.25, 0.3) is 0 Å². The smallest absolute Gasteiger partial charge is 0.0359 e. The van der Waals surface area contributed by atoms with Gasteiger partial charge in [-0.15, -0.1) is 11.3 Å². The molecule has 12 heavy (non-hydrogen) atoms. The lowest BCUT2D eigenvalue weighted by Crippen LogP contribution is -1.71. The minimum Gasteiger partial charge on any atom is -0.141 e. The van der Waals surface area contributed by atoms with Crippen LogP contribution < -0.4 is 0 Å². The van der Waals surface area contributed by atoms with Crippen LogP contribution in [-0.4, -0.2) is 0 Å². The minimum atomic E-state index is 1.21. The predicted molar refractivity (Wildman–Crippen MR) is 59.0 cm³/mol. The van der Waals surface area contributed by atoms with E-state index in [9.17, 15) is 0 Å². The van der Waals surface area contributed by atoms with Crippen LogP contribution in [0, 0.1) is 13.8 Å². The molecule has 62 valence electrons. The average Bonchev–Trinajstić information content (AvgIpc) is 2.29. The van der Waals surface area contributed by atoms with Crippen molar-refractivity contribution in [2.24, 2.45) is 0 Å². The van der Waals surface area contributed by atoms with Gasteiger partial charge in [-0.2, -0.15) is 0 Å². The van der Waals surface area contributed by atoms with E-state index in [1.165, 1.54) is 25.0 Å². The van der Waals surface area contributed by atoms with Crippen molar-refractivity contribution in [1.29, 1.82) is 0 Å². The summed E-state index contributed by atoms with van der Waals surface area (Å²) in [5, 5.41) is 1.34. The Morgan fingerprint density at radius 1 is 1.17 bits per heavy atom. The van der Waals surface area contributed by atoms with Crippen molar-refractivity contribution in [1.82, 2.24) is 0 Å². The lowest BCUT2D eigenvalue weighted by Gasteiger charge is -1.95. The molecular formula is C10H9BrS. The molecule has 0 aliphatic rings. The Morgan fingerprint density at radius 3 is 2.67 bits per heavy atom. The maximum atomic E-state index is 3.57. The molecule has 0 amide bonds. The van der Waals surface area contributed by atoms with Crippen LogP contribution in [0.15, 0.2) is 22.7 Å². The first-order chi connectivity index (χ1) is 5.66. The Kier molecular flexibility index (Phi) is 1.97. The molecule has 0 fully saturated rings. The number of benzene rings is 1. The molecular weight excluding hydrogens is 232 g/mol. The second-order valence-electron chi connectivity index (χ2n) is 3.02. The van der Waals surface area contributed by atoms with Crippen LogP contribution in [0.5, 0.6) is 0 Å². The molecule has 2 rings (SSSR count). The van der Waals surface area contributed by atoms with Gasteiger partial charge in [-0.05, 0) is 37.6 Å². The summed E-state index contributed by atoms with van der Waals surface area (Å²) in [7, 11) is 0. The van der Waals surface area contributed by atoms with Gasteiger partial charge in [-0.1, -0.05) is 15.9 Å². The van der Waals surface area contributed by atoms with E-state index in [0.717, 1.165) is 0 Å². The van der Waals surface area contributed by atoms with Gasteiger partial charge >= 0.3 is 0 Å². The van der Waals surface area contributed by atoms with Gasteiger partial charge in [-0.3, -0.25) is 0 Å². The fourth-order valence-corrected chi connectivity index (χ4v) is 3.22. The zero-order chi connectivity index (χ0) is 8.72. The Hall–Kier alpha value is -0.340. The average molecular weight is 241 g/mol. The second kappa shape index (κ2) is 2.86. The van der Waals surface area contributed by atoms with E-state index in [1.807, 2.05) is 11.3 Å². The van der Waals surface area contributed by atoms with Gasteiger partial charge < -0.3 is 0 Å². The number of fused-ring (bicyclic) bond motifs is 1. The standard InChI is InChI=1S/C10H9BrS/c1-6-3-9(11)8-5-7(2)12-10(8)4-6/h3-5H,1-2H3. The Morgan fingerprint density at radius 2 is 1.92 bits per heavy atom. The van der Waals surface area contributed by atoms with Crippen molar-refractivity contribution in [3.63, 3.8) is 0 Å². The third-order valence-electron chi connectivity index (χ3n) is 1.85. The second-order valence-corrected chi connectivity index (χ2v) is 5.16. The number of hydrogen-bond donors (Lipinski definition) is 0. The van der Waals surface area contributed by atoms with Crippen LogP contribution in [0.25, 0.3) is 10.1 Å². The third-order valence-corrected chi connectivity index (χ3v) is 3.51. The van der Waals surface area contributed by atoms with Gasteiger partial charge in [0.05, 0.1) is 0 Å². The monoisotopic (exact) mass is 240 g/mol. The van der Waals surface area contributed by atoms with Crippen molar-refractivity contribution < 1.29 is 0 Å². The van der Waals surface area contributed by atoms with E-state index >= 15 is 0 Å². The van der Waals surface area contributed by atoms with E-state index in [1.54, 1.807) is 0 Å². The number of rotatable bonds is 0. The van der Waals surface area contributed by atoms with Crippen molar-refractivity contribution in [2.45, 2.75) is 13.8 Å². The largest absolute Gasteiger partial charge is 0.141 e. The van der Waals surface area contributed by atoms with Crippen LogP contribution in [0.4, 0.5) is 0 Å². The van der Waals surface area contributed by atoms with Crippen LogP contribution in [0.2, 0.25) is 0 Å². The molecule has 0 saturated carbocycles. The van der Waals surface area contributed by atoms with Gasteiger partial charge in [-0.25, -0.2) is 0 Å². The highest BCUT2D eigenvalue weighted by Crippen LogP contribution is 2.31. The molecule has 0 aliphatic heterocycles. The molecule has 0 saturated heterocycles. The molecule has 0 atom stereocenters. The van der Waals surface area contributed by atoms with Gasteiger partial charge in [0.15, 0.2) is 0 Å². The van der Waals surface area contributed by atoms with Crippen LogP contribution >= 0.6 is 27.3 Å². The fraction of sp³-hybridized carbons (Fsp3) is 0.200. The summed E-state index contributed by atoms with van der Waals surface area (Å²) < 4.78 is 2.58. The molecule has 0 bridgehead atoms. The fourth-order valence-electron chi connectivity index (χ4n) is 1.35. The lowest BCUT2D eigenvalue weighted by atomic mass is 10.2. The maximum Gasteiger partial charge on any atom is 0.0359 e. The summed E-state index contributed by atoms with van der Waals surface area (Å²) in [5.74, 6) is 0. The molecule has 1 aromatic heterocycles. The number of hydrogen-bond acceptors (Lipinski definition) is 1. The van der Waals surface area contributed by atoms with Crippen molar-refractivity contribution in [3.05, 3.63) is 33.1 Å². The van der Waals surface area contributed by atoms with Crippen LogP contribution in [0.3, 0.4) is 0 Å². The summed E-state index contributed by atoms with van der Waals surface area (Å²) in [6, 6.07) is 6.62. The van der Waals surface area contributed by atoms with Crippen LogP contribution in [-0.2, 0) is 0 Å². The highest BCUT2D eigenvalue weighted by Gasteiger charge is 2.02. The first-order valence-corrected chi connectivity index (χ1v) is 5.44. The van der Waals surface area contributed by atoms with E-state index < -0.39 is 0 Å². The summed E-state index contributed by atoms with van der Waals surface area (Å²) >= 11 is 5.42. The van der Waals surface area contributed by atoms with E-state index in [-0.39, 0.29) is 0 Å². The molecule has 0 aliphatic carbocycles. The van der Waals surface area contributed by atoms with Crippen molar-refractivity contribution >= 4 is 37.4 Å². The summed E-state index contributed by atoms with van der Waals surface area (Å²) in [4.78, 5) is 1.37. The van der Waals surface area contributed by atoms with E-state index in [2.05, 4.69) is 48.0 Å². The van der Waals surface area contributed by atoms with Crippen molar-refractivity contribution in [2.75, 3.05) is 0 Å². The molecule has 0 spiro atoms. The minimum absolute atomic E-state index is 1.21. The highest BCUT2D eigenvalue weighted by molar-refractivity contribution is 9.10. The molecule has 1 heterocycles.